The first kappa shape index (κ1) is 48.5. The minimum Gasteiger partial charge on any atom is -0.459 e. The Labute approximate surface area is 388 Å². The van der Waals surface area contributed by atoms with Crippen molar-refractivity contribution in [2.75, 3.05) is 6.61 Å². The molecule has 68 heavy (non-hydrogen) atoms. The van der Waals surface area contributed by atoms with Crippen LogP contribution in [-0.4, -0.2) is 66.9 Å². The highest BCUT2D eigenvalue weighted by molar-refractivity contribution is 7.94. The third-order valence-electron chi connectivity index (χ3n) is 10.1. The lowest BCUT2D eigenvalue weighted by molar-refractivity contribution is -0.214. The van der Waals surface area contributed by atoms with E-state index in [1.165, 1.54) is 60.7 Å². The highest BCUT2D eigenvalue weighted by Gasteiger charge is 2.55. The van der Waals surface area contributed by atoms with Gasteiger partial charge in [0.05, 0.1) is 56.9 Å². The largest absolute Gasteiger partial charge is 0.459 e. The number of alkyl halides is 6. The Morgan fingerprint density at radius 3 is 1.34 bits per heavy atom. The molecule has 0 spiro atoms. The van der Waals surface area contributed by atoms with Gasteiger partial charge in [-0.2, -0.15) is 26.3 Å². The van der Waals surface area contributed by atoms with Crippen LogP contribution in [0.3, 0.4) is 0 Å². The van der Waals surface area contributed by atoms with Crippen molar-refractivity contribution in [1.82, 2.24) is 0 Å². The molecule has 1 aliphatic rings. The molecule has 5 atom stereocenters. The van der Waals surface area contributed by atoms with Crippen molar-refractivity contribution in [1.29, 1.82) is 0 Å². The molecule has 6 aromatic rings. The fraction of sp³-hybridized carbons (Fsp3) is 0.180. The van der Waals surface area contributed by atoms with Crippen LogP contribution in [0.1, 0.15) is 58.1 Å². The van der Waals surface area contributed by atoms with E-state index >= 15 is 0 Å². The van der Waals surface area contributed by atoms with Gasteiger partial charge in [-0.05, 0) is 90.5 Å². The molecule has 0 amide bonds. The van der Waals surface area contributed by atoms with Crippen molar-refractivity contribution in [3.05, 3.63) is 209 Å². The van der Waals surface area contributed by atoms with Gasteiger partial charge >= 0.3 is 36.2 Å². The Morgan fingerprint density at radius 1 is 0.500 bits per heavy atom. The van der Waals surface area contributed by atoms with E-state index in [9.17, 15) is 45.5 Å². The first-order chi connectivity index (χ1) is 32.6. The minimum atomic E-state index is -4.73. The van der Waals surface area contributed by atoms with E-state index in [0.717, 1.165) is 36.4 Å². The van der Waals surface area contributed by atoms with Gasteiger partial charge in [0.1, 0.15) is 12.7 Å². The number of hydrogen-bond donors (Lipinski definition) is 0. The van der Waals surface area contributed by atoms with Crippen LogP contribution in [-0.2, 0) is 46.0 Å². The monoisotopic (exact) mass is 957 g/mol. The second kappa shape index (κ2) is 21.9. The molecule has 0 N–H and O–H groups in total. The highest BCUT2D eigenvalue weighted by Crippen LogP contribution is 2.36. The molecule has 7 rings (SSSR count). The summed E-state index contributed by atoms with van der Waals surface area (Å²) in [5.74, 6) is -4.51. The summed E-state index contributed by atoms with van der Waals surface area (Å²) in [5, 5.41) is 0. The maximum absolute atomic E-state index is 14.1. The van der Waals surface area contributed by atoms with E-state index < -0.39 is 90.4 Å². The Balaban J connectivity index is 1.36. The number of nitrogens with zero attached hydrogens (tertiary/aromatic N) is 1. The molecule has 1 saturated heterocycles. The fourth-order valence-electron chi connectivity index (χ4n) is 6.70. The van der Waals surface area contributed by atoms with Crippen LogP contribution in [0, 0.1) is 0 Å². The number of carbonyl (C=O) groups is 4. The van der Waals surface area contributed by atoms with Gasteiger partial charge in [0.25, 0.3) is 0 Å². The van der Waals surface area contributed by atoms with Gasteiger partial charge < -0.3 is 27.9 Å². The normalized spacial score (nSPS) is 18.4. The summed E-state index contributed by atoms with van der Waals surface area (Å²) in [6.07, 6.45) is -18.3. The first-order valence-corrected chi connectivity index (χ1v) is 21.4. The van der Waals surface area contributed by atoms with E-state index in [1.807, 2.05) is 0 Å². The number of rotatable bonds is 14. The quantitative estimate of drug-likeness (QED) is 0.0258. The van der Waals surface area contributed by atoms with E-state index in [1.54, 1.807) is 72.8 Å². The van der Waals surface area contributed by atoms with Crippen molar-refractivity contribution < 1.29 is 73.4 Å². The molecule has 11 nitrogen and oxygen atoms in total. The number of halogens is 6. The molecule has 6 aromatic carbocycles. The number of benzene rings is 6. The number of esters is 4. The molecule has 0 radical (unpaired) electrons. The molecule has 350 valence electrons. The average molecular weight is 958 g/mol. The SMILES string of the molecule is O=C(OC[C@H]1O[C@H](C(=Nc2ccc(C(F)(F)F)cc2)OSCc2ccc(C(F)(F)F)cc2)[C@H](OC(=O)c2ccccc2)[C@@H](OC(=O)c2ccccc2)[C@@H]1OC(=O)c1ccccc1)c1ccccc1. The predicted molar refractivity (Wildman–Crippen MR) is 235 cm³/mol. The molecule has 0 aliphatic carbocycles. The lowest BCUT2D eigenvalue weighted by atomic mass is 9.93. The van der Waals surface area contributed by atoms with Gasteiger partial charge in [0, 0.05) is 0 Å². The molecule has 0 unspecified atom stereocenters. The van der Waals surface area contributed by atoms with Gasteiger partial charge in [-0.3, -0.25) is 0 Å². The Kier molecular flexibility index (Phi) is 15.6. The summed E-state index contributed by atoms with van der Waals surface area (Å²) in [5.41, 5.74) is -1.59. The Bertz CT molecular complexity index is 2670. The molecular weight excluding hydrogens is 921 g/mol. The molecular formula is C50H37F6NO10S. The summed E-state index contributed by atoms with van der Waals surface area (Å²) >= 11 is 0.612. The van der Waals surface area contributed by atoms with E-state index in [2.05, 4.69) is 4.99 Å². The standard InChI is InChI=1S/C50H37F6NO10S/c51-49(52,53)36-23-21-31(22-24-36)30-68-67-44(57-38-27-25-37(26-28-38)50(54,55)56)43-42(66-48(61)35-19-11-4-12-20-35)41(65-47(60)34-17-9-3-10-18-34)40(64-46(59)33-15-7-2-8-16-33)39(63-43)29-62-45(58)32-13-5-1-6-14-32/h1-28,39-43H,29-30H2/t39-,40-,41+,42-,43+/m1/s1. The molecule has 1 heterocycles. The van der Waals surface area contributed by atoms with Crippen molar-refractivity contribution in [3.63, 3.8) is 0 Å². The zero-order chi connectivity index (χ0) is 48.3. The van der Waals surface area contributed by atoms with Crippen LogP contribution in [0.25, 0.3) is 0 Å². The maximum Gasteiger partial charge on any atom is 0.416 e. The van der Waals surface area contributed by atoms with E-state index in [-0.39, 0.29) is 33.7 Å². The van der Waals surface area contributed by atoms with Crippen LogP contribution in [0.15, 0.2) is 175 Å². The van der Waals surface area contributed by atoms with Crippen molar-refractivity contribution in [2.24, 2.45) is 4.99 Å². The summed E-state index contributed by atoms with van der Waals surface area (Å²) in [4.78, 5) is 60.1. The fourth-order valence-corrected chi connectivity index (χ4v) is 7.34. The molecule has 1 fully saturated rings. The predicted octanol–water partition coefficient (Wildman–Crippen LogP) is 10.9. The lowest BCUT2D eigenvalue weighted by Crippen LogP contribution is -2.64. The minimum absolute atomic E-state index is 0.00467. The second-order valence-corrected chi connectivity index (χ2v) is 15.5. The zero-order valence-corrected chi connectivity index (χ0v) is 36.0. The van der Waals surface area contributed by atoms with E-state index in [4.69, 9.17) is 27.9 Å². The molecule has 0 saturated carbocycles. The van der Waals surface area contributed by atoms with Crippen LogP contribution < -0.4 is 0 Å². The highest BCUT2D eigenvalue weighted by atomic mass is 32.2. The summed E-state index contributed by atoms with van der Waals surface area (Å²) in [6.45, 7) is -0.720. The third-order valence-corrected chi connectivity index (χ3v) is 10.8. The summed E-state index contributed by atoms with van der Waals surface area (Å²) < 4.78 is 118. The van der Waals surface area contributed by atoms with Crippen LogP contribution in [0.5, 0.6) is 0 Å². The van der Waals surface area contributed by atoms with Crippen molar-refractivity contribution in [3.8, 4) is 0 Å². The number of aliphatic imine (C=N–C) groups is 1. The topological polar surface area (TPSA) is 136 Å². The molecule has 0 bridgehead atoms. The van der Waals surface area contributed by atoms with Crippen LogP contribution >= 0.6 is 12.0 Å². The third kappa shape index (κ3) is 12.7. The summed E-state index contributed by atoms with van der Waals surface area (Å²) in [7, 11) is 0. The van der Waals surface area contributed by atoms with Gasteiger partial charge in [-0.15, -0.1) is 0 Å². The van der Waals surface area contributed by atoms with Gasteiger partial charge in [-0.25, -0.2) is 24.2 Å². The van der Waals surface area contributed by atoms with Crippen LogP contribution in [0.4, 0.5) is 32.0 Å². The van der Waals surface area contributed by atoms with Gasteiger partial charge in [0.15, 0.2) is 24.4 Å². The number of ether oxygens (including phenoxy) is 5. The Hall–Kier alpha value is -7.44. The van der Waals surface area contributed by atoms with E-state index in [0.29, 0.717) is 17.6 Å². The van der Waals surface area contributed by atoms with Crippen LogP contribution in [0.2, 0.25) is 0 Å². The lowest BCUT2D eigenvalue weighted by Gasteiger charge is -2.44. The molecule has 18 heteroatoms. The average Bonchev–Trinajstić information content (AvgIpc) is 3.35. The smallest absolute Gasteiger partial charge is 0.416 e. The maximum atomic E-state index is 14.1. The zero-order valence-electron chi connectivity index (χ0n) is 35.2. The van der Waals surface area contributed by atoms with Crippen molar-refractivity contribution in [2.45, 2.75) is 48.6 Å². The number of carbonyl (C=O) groups excluding carboxylic acids is 4. The molecule has 0 aromatic heterocycles. The Morgan fingerprint density at radius 2 is 0.897 bits per heavy atom. The van der Waals surface area contributed by atoms with Crippen molar-refractivity contribution >= 4 is 47.5 Å². The van der Waals surface area contributed by atoms with Gasteiger partial charge in [-0.1, -0.05) is 84.9 Å². The number of hydrogen-bond acceptors (Lipinski definition) is 12. The second-order valence-electron chi connectivity index (χ2n) is 14.8. The summed E-state index contributed by atoms with van der Waals surface area (Å²) in [6, 6.07) is 38.2. The van der Waals surface area contributed by atoms with Gasteiger partial charge in [0.2, 0.25) is 5.90 Å². The first-order valence-electron chi connectivity index (χ1n) is 20.5. The molecule has 1 aliphatic heterocycles.